The van der Waals surface area contributed by atoms with E-state index in [1.807, 2.05) is 11.7 Å². The average Bonchev–Trinajstić information content (AvgIpc) is 2.64. The van der Waals surface area contributed by atoms with Crippen molar-refractivity contribution >= 4 is 0 Å². The van der Waals surface area contributed by atoms with E-state index < -0.39 is 0 Å². The number of hydrogen-bond acceptors (Lipinski definition) is 4. The normalized spacial score (nSPS) is 12.4. The predicted molar refractivity (Wildman–Crippen MR) is 64.8 cm³/mol. The fraction of sp³-hybridized carbons (Fsp3) is 0.818. The molecule has 2 N–H and O–H groups in total. The van der Waals surface area contributed by atoms with Crippen LogP contribution in [0.1, 0.15) is 33.0 Å². The van der Waals surface area contributed by atoms with Gasteiger partial charge in [-0.3, -0.25) is 9.58 Å². The predicted octanol–water partition coefficient (Wildman–Crippen LogP) is 0.764. The van der Waals surface area contributed by atoms with Crippen LogP contribution in [-0.4, -0.2) is 38.3 Å². The van der Waals surface area contributed by atoms with Gasteiger partial charge in [0, 0.05) is 19.1 Å². The van der Waals surface area contributed by atoms with E-state index in [4.69, 9.17) is 5.73 Å². The third-order valence-electron chi connectivity index (χ3n) is 2.99. The van der Waals surface area contributed by atoms with Gasteiger partial charge in [-0.05, 0) is 26.8 Å². The molecule has 1 rings (SSSR count). The molecule has 0 aliphatic heterocycles. The zero-order valence-corrected chi connectivity index (χ0v) is 10.8. The van der Waals surface area contributed by atoms with Crippen molar-refractivity contribution in [1.82, 2.24) is 19.7 Å². The molecule has 0 aliphatic rings. The third kappa shape index (κ3) is 3.02. The van der Waals surface area contributed by atoms with Crippen molar-refractivity contribution in [2.75, 3.05) is 13.1 Å². The van der Waals surface area contributed by atoms with Gasteiger partial charge < -0.3 is 5.73 Å². The molecular formula is C11H23N5. The summed E-state index contributed by atoms with van der Waals surface area (Å²) in [6.07, 6.45) is 2.70. The summed E-state index contributed by atoms with van der Waals surface area (Å²) >= 11 is 0. The zero-order valence-electron chi connectivity index (χ0n) is 10.8. The Morgan fingerprint density at radius 3 is 2.62 bits per heavy atom. The van der Waals surface area contributed by atoms with Crippen molar-refractivity contribution < 1.29 is 0 Å². The Kier molecular flexibility index (Phi) is 4.44. The Morgan fingerprint density at radius 2 is 2.19 bits per heavy atom. The van der Waals surface area contributed by atoms with Crippen molar-refractivity contribution in [3.8, 4) is 0 Å². The van der Waals surface area contributed by atoms with Crippen molar-refractivity contribution in [3.05, 3.63) is 12.2 Å². The summed E-state index contributed by atoms with van der Waals surface area (Å²) in [5.41, 5.74) is 5.82. The van der Waals surface area contributed by atoms with E-state index in [1.165, 1.54) is 0 Å². The zero-order chi connectivity index (χ0) is 12.2. The first kappa shape index (κ1) is 13.1. The van der Waals surface area contributed by atoms with Crippen LogP contribution >= 0.6 is 0 Å². The molecule has 0 unspecified atom stereocenters. The van der Waals surface area contributed by atoms with Gasteiger partial charge in [-0.1, -0.05) is 6.92 Å². The highest BCUT2D eigenvalue weighted by molar-refractivity contribution is 4.89. The molecule has 0 radical (unpaired) electrons. The van der Waals surface area contributed by atoms with Gasteiger partial charge in [-0.15, -0.1) is 0 Å². The molecule has 0 saturated heterocycles. The van der Waals surface area contributed by atoms with Crippen LogP contribution in [0.4, 0.5) is 0 Å². The third-order valence-corrected chi connectivity index (χ3v) is 2.99. The summed E-state index contributed by atoms with van der Waals surface area (Å²) in [6.45, 7) is 8.98. The molecule has 1 aromatic heterocycles. The first-order chi connectivity index (χ1) is 7.51. The quantitative estimate of drug-likeness (QED) is 0.776. The van der Waals surface area contributed by atoms with E-state index in [0.717, 1.165) is 25.3 Å². The molecule has 0 aliphatic carbocycles. The summed E-state index contributed by atoms with van der Waals surface area (Å²) in [6, 6.07) is 0. The maximum absolute atomic E-state index is 5.82. The molecule has 1 aromatic rings. The van der Waals surface area contributed by atoms with Crippen LogP contribution in [0.15, 0.2) is 6.33 Å². The fourth-order valence-corrected chi connectivity index (χ4v) is 1.63. The van der Waals surface area contributed by atoms with Gasteiger partial charge in [0.1, 0.15) is 12.2 Å². The lowest BCUT2D eigenvalue weighted by Crippen LogP contribution is -2.49. The van der Waals surface area contributed by atoms with E-state index in [-0.39, 0.29) is 5.54 Å². The first-order valence-electron chi connectivity index (χ1n) is 5.79. The second-order valence-corrected chi connectivity index (χ2v) is 4.74. The molecule has 0 spiro atoms. The van der Waals surface area contributed by atoms with Crippen molar-refractivity contribution in [1.29, 1.82) is 0 Å². The lowest BCUT2D eigenvalue weighted by atomic mass is 10.0. The Hall–Kier alpha value is -0.940. The molecule has 0 amide bonds. The highest BCUT2D eigenvalue weighted by Crippen LogP contribution is 2.16. The van der Waals surface area contributed by atoms with Crippen LogP contribution in [-0.2, 0) is 13.6 Å². The van der Waals surface area contributed by atoms with Crippen molar-refractivity contribution in [2.45, 2.75) is 39.3 Å². The van der Waals surface area contributed by atoms with Crippen LogP contribution in [0.25, 0.3) is 0 Å². The number of aromatic nitrogens is 3. The van der Waals surface area contributed by atoms with E-state index in [9.17, 15) is 0 Å². The number of nitrogens with zero attached hydrogens (tertiary/aromatic N) is 4. The Balaban J connectivity index is 2.76. The molecule has 0 aromatic carbocycles. The summed E-state index contributed by atoms with van der Waals surface area (Å²) in [5, 5.41) is 4.09. The molecule has 0 atom stereocenters. The lowest BCUT2D eigenvalue weighted by Gasteiger charge is -2.37. The highest BCUT2D eigenvalue weighted by atomic mass is 15.3. The van der Waals surface area contributed by atoms with Crippen LogP contribution < -0.4 is 5.73 Å². The van der Waals surface area contributed by atoms with E-state index >= 15 is 0 Å². The Morgan fingerprint density at radius 1 is 1.50 bits per heavy atom. The van der Waals surface area contributed by atoms with Crippen LogP contribution in [0, 0.1) is 0 Å². The van der Waals surface area contributed by atoms with E-state index in [0.29, 0.717) is 6.54 Å². The topological polar surface area (TPSA) is 60.0 Å². The van der Waals surface area contributed by atoms with Gasteiger partial charge in [-0.25, -0.2) is 4.98 Å². The SMILES string of the molecule is CCCN(Cc1ncnn1C)C(C)(C)CN. The largest absolute Gasteiger partial charge is 0.329 e. The molecule has 5 nitrogen and oxygen atoms in total. The molecule has 1 heterocycles. The highest BCUT2D eigenvalue weighted by Gasteiger charge is 2.25. The fourth-order valence-electron chi connectivity index (χ4n) is 1.63. The van der Waals surface area contributed by atoms with Gasteiger partial charge in [0.05, 0.1) is 6.54 Å². The Bertz CT molecular complexity index is 318. The van der Waals surface area contributed by atoms with Crippen LogP contribution in [0.2, 0.25) is 0 Å². The molecule has 5 heteroatoms. The van der Waals surface area contributed by atoms with Crippen LogP contribution in [0.3, 0.4) is 0 Å². The van der Waals surface area contributed by atoms with Crippen LogP contribution in [0.5, 0.6) is 0 Å². The number of hydrogen-bond donors (Lipinski definition) is 1. The average molecular weight is 225 g/mol. The van der Waals surface area contributed by atoms with Gasteiger partial charge >= 0.3 is 0 Å². The monoisotopic (exact) mass is 225 g/mol. The number of nitrogens with two attached hydrogens (primary N) is 1. The maximum atomic E-state index is 5.82. The number of rotatable bonds is 6. The maximum Gasteiger partial charge on any atom is 0.140 e. The molecule has 0 saturated carbocycles. The standard InChI is InChI=1S/C11H23N5/c1-5-6-16(11(2,3)8-12)7-10-13-9-14-15(10)4/h9H,5-8,12H2,1-4H3. The second-order valence-electron chi connectivity index (χ2n) is 4.74. The number of aryl methyl sites for hydroxylation is 1. The van der Waals surface area contributed by atoms with Crippen molar-refractivity contribution in [2.24, 2.45) is 12.8 Å². The minimum absolute atomic E-state index is 0.00194. The summed E-state index contributed by atoms with van der Waals surface area (Å²) in [5.74, 6) is 0.981. The molecule has 16 heavy (non-hydrogen) atoms. The van der Waals surface area contributed by atoms with E-state index in [2.05, 4.69) is 35.8 Å². The van der Waals surface area contributed by atoms with Gasteiger partial charge in [0.15, 0.2) is 0 Å². The minimum Gasteiger partial charge on any atom is -0.329 e. The smallest absolute Gasteiger partial charge is 0.140 e. The molecule has 92 valence electrons. The van der Waals surface area contributed by atoms with E-state index in [1.54, 1.807) is 6.33 Å². The first-order valence-corrected chi connectivity index (χ1v) is 5.79. The van der Waals surface area contributed by atoms with Gasteiger partial charge in [0.2, 0.25) is 0 Å². The van der Waals surface area contributed by atoms with Gasteiger partial charge in [0.25, 0.3) is 0 Å². The minimum atomic E-state index is 0.00194. The summed E-state index contributed by atoms with van der Waals surface area (Å²) < 4.78 is 1.81. The molecular weight excluding hydrogens is 202 g/mol. The van der Waals surface area contributed by atoms with Crippen molar-refractivity contribution in [3.63, 3.8) is 0 Å². The second kappa shape index (κ2) is 5.41. The van der Waals surface area contributed by atoms with Gasteiger partial charge in [-0.2, -0.15) is 5.10 Å². The lowest BCUT2D eigenvalue weighted by molar-refractivity contribution is 0.113. The summed E-state index contributed by atoms with van der Waals surface area (Å²) in [4.78, 5) is 6.61. The molecule has 0 fully saturated rings. The summed E-state index contributed by atoms with van der Waals surface area (Å²) in [7, 11) is 1.92. The molecule has 0 bridgehead atoms. The Labute approximate surface area is 97.6 Å².